The molecule has 0 saturated carbocycles. The molecule has 2 aliphatic rings. The van der Waals surface area contributed by atoms with Crippen LogP contribution in [-0.4, -0.2) is 31.2 Å². The third kappa shape index (κ3) is 2.39. The van der Waals surface area contributed by atoms with E-state index in [0.29, 0.717) is 18.1 Å². The van der Waals surface area contributed by atoms with E-state index >= 15 is 0 Å². The average Bonchev–Trinajstić information content (AvgIpc) is 2.73. The summed E-state index contributed by atoms with van der Waals surface area (Å²) in [4.78, 5) is 5.03. The maximum atomic E-state index is 6.16. The molecule has 2 atom stereocenters. The molecule has 2 fully saturated rings. The van der Waals surface area contributed by atoms with Gasteiger partial charge in [0, 0.05) is 42.6 Å². The molecule has 3 nitrogen and oxygen atoms in total. The molecule has 0 spiro atoms. The van der Waals surface area contributed by atoms with Gasteiger partial charge < -0.3 is 15.5 Å². The molecule has 1 aromatic carbocycles. The van der Waals surface area contributed by atoms with Crippen molar-refractivity contribution in [1.82, 2.24) is 0 Å². The zero-order chi connectivity index (χ0) is 14.1. The number of anilines is 2. The van der Waals surface area contributed by atoms with Gasteiger partial charge in [0.05, 0.1) is 0 Å². The predicted molar refractivity (Wildman–Crippen MR) is 86.5 cm³/mol. The normalized spacial score (nSPS) is 28.8. The van der Waals surface area contributed by atoms with Gasteiger partial charge in [-0.1, -0.05) is 0 Å². The summed E-state index contributed by atoms with van der Waals surface area (Å²) in [5.74, 6) is 0. The smallest absolute Gasteiger partial charge is 0.0372 e. The van der Waals surface area contributed by atoms with E-state index in [2.05, 4.69) is 47.9 Å². The van der Waals surface area contributed by atoms with Crippen molar-refractivity contribution in [2.24, 2.45) is 5.73 Å². The van der Waals surface area contributed by atoms with Crippen LogP contribution in [-0.2, 0) is 0 Å². The van der Waals surface area contributed by atoms with Gasteiger partial charge in [-0.2, -0.15) is 0 Å². The first-order valence-corrected chi connectivity index (χ1v) is 8.11. The lowest BCUT2D eigenvalue weighted by Gasteiger charge is -2.39. The maximum absolute atomic E-state index is 6.16. The van der Waals surface area contributed by atoms with Crippen molar-refractivity contribution in [3.05, 3.63) is 24.3 Å². The summed E-state index contributed by atoms with van der Waals surface area (Å²) >= 11 is 0. The number of benzene rings is 1. The van der Waals surface area contributed by atoms with Crippen molar-refractivity contribution < 1.29 is 0 Å². The van der Waals surface area contributed by atoms with Gasteiger partial charge in [-0.15, -0.1) is 0 Å². The van der Waals surface area contributed by atoms with Crippen LogP contribution in [0.4, 0.5) is 11.4 Å². The SMILES string of the molecule is CCN(CC)c1ccc(N2C3CCC2CC(N)C3)cc1. The highest BCUT2D eigenvalue weighted by atomic mass is 15.2. The van der Waals surface area contributed by atoms with Gasteiger partial charge in [0.15, 0.2) is 0 Å². The fourth-order valence-electron chi connectivity index (χ4n) is 4.07. The molecule has 2 N–H and O–H groups in total. The first-order valence-electron chi connectivity index (χ1n) is 8.11. The molecule has 3 rings (SSSR count). The Hall–Kier alpha value is -1.22. The van der Waals surface area contributed by atoms with Gasteiger partial charge in [-0.05, 0) is 63.8 Å². The van der Waals surface area contributed by atoms with E-state index in [4.69, 9.17) is 5.73 Å². The molecule has 2 saturated heterocycles. The lowest BCUT2D eigenvalue weighted by atomic mass is 9.97. The van der Waals surface area contributed by atoms with Crippen molar-refractivity contribution in [2.45, 2.75) is 57.7 Å². The third-order valence-corrected chi connectivity index (χ3v) is 5.05. The van der Waals surface area contributed by atoms with Gasteiger partial charge in [0.2, 0.25) is 0 Å². The molecular formula is C17H27N3. The Balaban J connectivity index is 1.78. The highest BCUT2D eigenvalue weighted by molar-refractivity contribution is 5.58. The number of hydrogen-bond acceptors (Lipinski definition) is 3. The average molecular weight is 273 g/mol. The lowest BCUT2D eigenvalue weighted by Crippen LogP contribution is -2.47. The summed E-state index contributed by atoms with van der Waals surface area (Å²) in [6.45, 7) is 6.56. The van der Waals surface area contributed by atoms with E-state index in [0.717, 1.165) is 25.9 Å². The van der Waals surface area contributed by atoms with Crippen LogP contribution in [0, 0.1) is 0 Å². The number of nitrogens with zero attached hydrogens (tertiary/aromatic N) is 2. The predicted octanol–water partition coefficient (Wildman–Crippen LogP) is 2.99. The third-order valence-electron chi connectivity index (χ3n) is 5.05. The van der Waals surface area contributed by atoms with Crippen LogP contribution < -0.4 is 15.5 Å². The van der Waals surface area contributed by atoms with E-state index < -0.39 is 0 Å². The molecule has 0 aromatic heterocycles. The molecule has 1 aromatic rings. The van der Waals surface area contributed by atoms with Gasteiger partial charge >= 0.3 is 0 Å². The molecule has 2 aliphatic heterocycles. The number of hydrogen-bond donors (Lipinski definition) is 1. The maximum Gasteiger partial charge on any atom is 0.0372 e. The van der Waals surface area contributed by atoms with Gasteiger partial charge in [0.1, 0.15) is 0 Å². The first kappa shape index (κ1) is 13.7. The summed E-state index contributed by atoms with van der Waals surface area (Å²) in [5.41, 5.74) is 8.88. The second kappa shape index (κ2) is 5.65. The molecule has 0 amide bonds. The molecule has 0 aliphatic carbocycles. The number of fused-ring (bicyclic) bond motifs is 2. The largest absolute Gasteiger partial charge is 0.372 e. The van der Waals surface area contributed by atoms with Crippen LogP contribution in [0.15, 0.2) is 24.3 Å². The Labute approximate surface area is 122 Å². The second-order valence-corrected chi connectivity index (χ2v) is 6.21. The molecule has 3 heteroatoms. The molecule has 110 valence electrons. The Kier molecular flexibility index (Phi) is 3.88. The van der Waals surface area contributed by atoms with Crippen molar-refractivity contribution in [2.75, 3.05) is 22.9 Å². The summed E-state index contributed by atoms with van der Waals surface area (Å²) in [5, 5.41) is 0. The Bertz CT molecular complexity index is 424. The minimum absolute atomic E-state index is 0.415. The Morgan fingerprint density at radius 2 is 1.60 bits per heavy atom. The monoisotopic (exact) mass is 273 g/mol. The van der Waals surface area contributed by atoms with E-state index in [1.807, 2.05) is 0 Å². The highest BCUT2D eigenvalue weighted by Crippen LogP contribution is 2.39. The number of nitrogens with two attached hydrogens (primary N) is 1. The van der Waals surface area contributed by atoms with Crippen LogP contribution in [0.1, 0.15) is 39.5 Å². The molecule has 2 bridgehead atoms. The molecule has 20 heavy (non-hydrogen) atoms. The quantitative estimate of drug-likeness (QED) is 0.915. The van der Waals surface area contributed by atoms with Gasteiger partial charge in [0.25, 0.3) is 0 Å². The summed E-state index contributed by atoms with van der Waals surface area (Å²) in [7, 11) is 0. The van der Waals surface area contributed by atoms with Gasteiger partial charge in [-0.25, -0.2) is 0 Å². The molecule has 2 heterocycles. The Morgan fingerprint density at radius 1 is 1.05 bits per heavy atom. The van der Waals surface area contributed by atoms with Crippen molar-refractivity contribution in [3.8, 4) is 0 Å². The highest BCUT2D eigenvalue weighted by Gasteiger charge is 2.39. The summed E-state index contributed by atoms with van der Waals surface area (Å²) < 4.78 is 0. The minimum atomic E-state index is 0.415. The van der Waals surface area contributed by atoms with Crippen LogP contribution >= 0.6 is 0 Å². The Morgan fingerprint density at radius 3 is 2.10 bits per heavy atom. The van der Waals surface area contributed by atoms with Crippen molar-refractivity contribution >= 4 is 11.4 Å². The molecule has 2 unspecified atom stereocenters. The summed E-state index contributed by atoms with van der Waals surface area (Å²) in [6.07, 6.45) is 4.95. The van der Waals surface area contributed by atoms with Crippen LogP contribution in [0.3, 0.4) is 0 Å². The van der Waals surface area contributed by atoms with Crippen LogP contribution in [0.2, 0.25) is 0 Å². The standard InChI is InChI=1S/C17H27N3/c1-3-19(4-2)14-5-7-15(8-6-14)20-16-9-10-17(20)12-13(18)11-16/h5-8,13,16-17H,3-4,9-12,18H2,1-2H3. The fourth-order valence-corrected chi connectivity index (χ4v) is 4.07. The minimum Gasteiger partial charge on any atom is -0.372 e. The first-order chi connectivity index (χ1) is 9.72. The lowest BCUT2D eigenvalue weighted by molar-refractivity contribution is 0.414. The zero-order valence-corrected chi connectivity index (χ0v) is 12.8. The second-order valence-electron chi connectivity index (χ2n) is 6.21. The van der Waals surface area contributed by atoms with Crippen LogP contribution in [0.25, 0.3) is 0 Å². The van der Waals surface area contributed by atoms with E-state index in [1.54, 1.807) is 0 Å². The zero-order valence-electron chi connectivity index (χ0n) is 12.8. The van der Waals surface area contributed by atoms with E-state index in [-0.39, 0.29) is 0 Å². The van der Waals surface area contributed by atoms with E-state index in [9.17, 15) is 0 Å². The summed E-state index contributed by atoms with van der Waals surface area (Å²) in [6, 6.07) is 10.9. The number of rotatable bonds is 4. The van der Waals surface area contributed by atoms with Crippen molar-refractivity contribution in [3.63, 3.8) is 0 Å². The molecule has 0 radical (unpaired) electrons. The van der Waals surface area contributed by atoms with E-state index in [1.165, 1.54) is 24.2 Å². The number of piperidine rings is 1. The van der Waals surface area contributed by atoms with Crippen LogP contribution in [0.5, 0.6) is 0 Å². The van der Waals surface area contributed by atoms with Crippen molar-refractivity contribution in [1.29, 1.82) is 0 Å². The topological polar surface area (TPSA) is 32.5 Å². The fraction of sp³-hybridized carbons (Fsp3) is 0.647. The molecular weight excluding hydrogens is 246 g/mol. The van der Waals surface area contributed by atoms with Gasteiger partial charge in [-0.3, -0.25) is 0 Å².